The average molecular weight is 303 g/mol. The zero-order chi connectivity index (χ0) is 15.4. The number of benzene rings is 1. The topological polar surface area (TPSA) is 71.8 Å². The number of carbonyl (C=O) groups excluding carboxylic acids is 1. The molecule has 1 aliphatic rings. The van der Waals surface area contributed by atoms with Crippen LogP contribution in [0.4, 0.5) is 4.39 Å². The van der Waals surface area contributed by atoms with Gasteiger partial charge in [0, 0.05) is 6.54 Å². The third-order valence-electron chi connectivity index (χ3n) is 3.77. The van der Waals surface area contributed by atoms with Gasteiger partial charge in [-0.25, -0.2) is 9.07 Å². The summed E-state index contributed by atoms with van der Waals surface area (Å²) in [6.07, 6.45) is 3.64. The van der Waals surface area contributed by atoms with Gasteiger partial charge in [-0.1, -0.05) is 17.3 Å². The highest BCUT2D eigenvalue weighted by Crippen LogP contribution is 2.17. The molecule has 3 rings (SSSR count). The van der Waals surface area contributed by atoms with Gasteiger partial charge in [-0.05, 0) is 43.6 Å². The van der Waals surface area contributed by atoms with E-state index in [1.54, 1.807) is 23.0 Å². The monoisotopic (exact) mass is 303 g/mol. The van der Waals surface area contributed by atoms with Crippen LogP contribution in [0, 0.1) is 5.82 Å². The van der Waals surface area contributed by atoms with E-state index in [0.29, 0.717) is 11.6 Å². The molecule has 0 bridgehead atoms. The number of nitrogens with one attached hydrogen (secondary N) is 2. The van der Waals surface area contributed by atoms with Crippen molar-refractivity contribution in [3.8, 4) is 0 Å². The fourth-order valence-electron chi connectivity index (χ4n) is 2.55. The summed E-state index contributed by atoms with van der Waals surface area (Å²) in [5.74, 6) is -0.618. The summed E-state index contributed by atoms with van der Waals surface area (Å²) in [5, 5.41) is 14.0. The summed E-state index contributed by atoms with van der Waals surface area (Å²) < 4.78 is 14.8. The molecule has 1 aromatic heterocycles. The highest BCUT2D eigenvalue weighted by atomic mass is 19.1. The first-order valence-corrected chi connectivity index (χ1v) is 7.37. The van der Waals surface area contributed by atoms with E-state index in [1.165, 1.54) is 12.1 Å². The molecule has 1 fully saturated rings. The smallest absolute Gasteiger partial charge is 0.273 e. The zero-order valence-electron chi connectivity index (χ0n) is 12.1. The van der Waals surface area contributed by atoms with Crippen LogP contribution in [0.5, 0.6) is 0 Å². The van der Waals surface area contributed by atoms with E-state index < -0.39 is 0 Å². The van der Waals surface area contributed by atoms with Crippen molar-refractivity contribution in [3.63, 3.8) is 0 Å². The number of hydrogen-bond acceptors (Lipinski definition) is 4. The number of rotatable bonds is 4. The van der Waals surface area contributed by atoms with Crippen LogP contribution < -0.4 is 10.6 Å². The zero-order valence-corrected chi connectivity index (χ0v) is 12.1. The molecule has 0 radical (unpaired) electrons. The van der Waals surface area contributed by atoms with Gasteiger partial charge >= 0.3 is 0 Å². The van der Waals surface area contributed by atoms with Gasteiger partial charge in [0.2, 0.25) is 0 Å². The quantitative estimate of drug-likeness (QED) is 0.892. The molecule has 2 aromatic rings. The molecule has 6 nitrogen and oxygen atoms in total. The van der Waals surface area contributed by atoms with E-state index in [4.69, 9.17) is 0 Å². The van der Waals surface area contributed by atoms with Crippen LogP contribution in [-0.2, 0) is 6.54 Å². The molecule has 2 N–H and O–H groups in total. The van der Waals surface area contributed by atoms with E-state index in [2.05, 4.69) is 20.9 Å². The summed E-state index contributed by atoms with van der Waals surface area (Å²) in [5.41, 5.74) is 0.994. The van der Waals surface area contributed by atoms with E-state index in [-0.39, 0.29) is 24.0 Å². The maximum Gasteiger partial charge on any atom is 0.273 e. The van der Waals surface area contributed by atoms with Crippen molar-refractivity contribution in [1.29, 1.82) is 0 Å². The SMILES string of the molecule is O=C(NCc1cccc(F)c1)c1cn(C2CCNCC2)nn1. The molecular weight excluding hydrogens is 285 g/mol. The van der Waals surface area contributed by atoms with Gasteiger partial charge in [-0.3, -0.25) is 4.79 Å². The molecule has 1 aliphatic heterocycles. The Hall–Kier alpha value is -2.28. The summed E-state index contributed by atoms with van der Waals surface area (Å²) in [6, 6.07) is 6.43. The third-order valence-corrected chi connectivity index (χ3v) is 3.77. The van der Waals surface area contributed by atoms with Crippen molar-refractivity contribution in [2.24, 2.45) is 0 Å². The van der Waals surface area contributed by atoms with Crippen molar-refractivity contribution in [2.45, 2.75) is 25.4 Å². The van der Waals surface area contributed by atoms with Crippen molar-refractivity contribution in [3.05, 3.63) is 47.5 Å². The standard InChI is InChI=1S/C15H18FN5O/c16-12-3-1-2-11(8-12)9-18-15(22)14-10-21(20-19-14)13-4-6-17-7-5-13/h1-3,8,10,13,17H,4-7,9H2,(H,18,22). The molecule has 0 saturated carbocycles. The first-order valence-electron chi connectivity index (χ1n) is 7.37. The second kappa shape index (κ2) is 6.65. The Kier molecular flexibility index (Phi) is 4.43. The molecule has 0 unspecified atom stereocenters. The highest BCUT2D eigenvalue weighted by Gasteiger charge is 2.18. The molecule has 0 atom stereocenters. The van der Waals surface area contributed by atoms with Crippen LogP contribution in [0.3, 0.4) is 0 Å². The molecule has 1 saturated heterocycles. The highest BCUT2D eigenvalue weighted by molar-refractivity contribution is 5.91. The lowest BCUT2D eigenvalue weighted by atomic mass is 10.1. The predicted molar refractivity (Wildman–Crippen MR) is 78.7 cm³/mol. The Morgan fingerprint density at radius 1 is 1.41 bits per heavy atom. The number of halogens is 1. The molecule has 0 aliphatic carbocycles. The normalized spacial score (nSPS) is 15.7. The van der Waals surface area contributed by atoms with Crippen LogP contribution >= 0.6 is 0 Å². The molecule has 0 spiro atoms. The molecular formula is C15H18FN5O. The van der Waals surface area contributed by atoms with Gasteiger partial charge in [0.15, 0.2) is 5.69 Å². The first-order chi connectivity index (χ1) is 10.7. The number of nitrogens with zero attached hydrogens (tertiary/aromatic N) is 3. The summed E-state index contributed by atoms with van der Waals surface area (Å²) >= 11 is 0. The van der Waals surface area contributed by atoms with E-state index in [1.807, 2.05) is 0 Å². The van der Waals surface area contributed by atoms with E-state index >= 15 is 0 Å². The van der Waals surface area contributed by atoms with E-state index in [0.717, 1.165) is 25.9 Å². The molecule has 116 valence electrons. The second-order valence-electron chi connectivity index (χ2n) is 5.38. The van der Waals surface area contributed by atoms with Crippen LogP contribution in [-0.4, -0.2) is 34.0 Å². The second-order valence-corrected chi connectivity index (χ2v) is 5.38. The Balaban J connectivity index is 1.59. The number of carbonyl (C=O) groups is 1. The molecule has 1 amide bonds. The van der Waals surface area contributed by atoms with Crippen LogP contribution in [0.2, 0.25) is 0 Å². The Bertz CT molecular complexity index is 651. The third kappa shape index (κ3) is 3.48. The fraction of sp³-hybridized carbons (Fsp3) is 0.400. The summed E-state index contributed by atoms with van der Waals surface area (Å²) in [4.78, 5) is 12.1. The van der Waals surface area contributed by atoms with Crippen LogP contribution in [0.1, 0.15) is 34.9 Å². The largest absolute Gasteiger partial charge is 0.347 e. The summed E-state index contributed by atoms with van der Waals surface area (Å²) in [6.45, 7) is 2.16. The minimum Gasteiger partial charge on any atom is -0.347 e. The molecule has 1 aromatic carbocycles. The molecule has 22 heavy (non-hydrogen) atoms. The van der Waals surface area contributed by atoms with Gasteiger partial charge in [-0.15, -0.1) is 5.10 Å². The lowest BCUT2D eigenvalue weighted by molar-refractivity contribution is 0.0945. The van der Waals surface area contributed by atoms with Gasteiger partial charge < -0.3 is 10.6 Å². The molecule has 2 heterocycles. The lowest BCUT2D eigenvalue weighted by Gasteiger charge is -2.22. The minimum absolute atomic E-state index is 0.261. The Morgan fingerprint density at radius 3 is 3.00 bits per heavy atom. The maximum absolute atomic E-state index is 13.1. The molecule has 7 heteroatoms. The van der Waals surface area contributed by atoms with Crippen molar-refractivity contribution < 1.29 is 9.18 Å². The van der Waals surface area contributed by atoms with Gasteiger partial charge in [0.05, 0.1) is 12.2 Å². The summed E-state index contributed by atoms with van der Waals surface area (Å²) in [7, 11) is 0. The van der Waals surface area contributed by atoms with Gasteiger partial charge in [-0.2, -0.15) is 0 Å². The maximum atomic E-state index is 13.1. The number of aromatic nitrogens is 3. The van der Waals surface area contributed by atoms with Crippen LogP contribution in [0.15, 0.2) is 30.5 Å². The Morgan fingerprint density at radius 2 is 2.23 bits per heavy atom. The number of hydrogen-bond donors (Lipinski definition) is 2. The fourth-order valence-corrected chi connectivity index (χ4v) is 2.55. The van der Waals surface area contributed by atoms with Crippen molar-refractivity contribution in [2.75, 3.05) is 13.1 Å². The van der Waals surface area contributed by atoms with Crippen LogP contribution in [0.25, 0.3) is 0 Å². The van der Waals surface area contributed by atoms with Crippen molar-refractivity contribution >= 4 is 5.91 Å². The first kappa shape index (κ1) is 14.6. The van der Waals surface area contributed by atoms with Gasteiger partial charge in [0.1, 0.15) is 5.82 Å². The lowest BCUT2D eigenvalue weighted by Crippen LogP contribution is -2.29. The minimum atomic E-state index is -0.316. The van der Waals surface area contributed by atoms with Gasteiger partial charge in [0.25, 0.3) is 5.91 Å². The number of amides is 1. The van der Waals surface area contributed by atoms with Crippen molar-refractivity contribution in [1.82, 2.24) is 25.6 Å². The average Bonchev–Trinajstić information content (AvgIpc) is 3.04. The Labute approximate surface area is 127 Å². The van der Waals surface area contributed by atoms with E-state index in [9.17, 15) is 9.18 Å². The number of piperidine rings is 1. The predicted octanol–water partition coefficient (Wildman–Crippen LogP) is 1.27.